The molecule has 20 heavy (non-hydrogen) atoms. The molecule has 0 aromatic heterocycles. The number of benzene rings is 1. The van der Waals surface area contributed by atoms with E-state index in [0.717, 1.165) is 13.0 Å². The molecule has 2 unspecified atom stereocenters. The predicted octanol–water partition coefficient (Wildman–Crippen LogP) is 1.47. The number of ether oxygens (including phenoxy) is 1. The Morgan fingerprint density at radius 3 is 2.95 bits per heavy atom. The third-order valence-corrected chi connectivity index (χ3v) is 6.21. The highest BCUT2D eigenvalue weighted by Crippen LogP contribution is 2.28. The molecule has 2 atom stereocenters. The first-order valence-corrected chi connectivity index (χ1v) is 8.94. The van der Waals surface area contributed by atoms with E-state index in [1.54, 1.807) is 0 Å². The summed E-state index contributed by atoms with van der Waals surface area (Å²) in [6.07, 6.45) is 1.67. The van der Waals surface area contributed by atoms with Gasteiger partial charge in [-0.05, 0) is 30.9 Å². The van der Waals surface area contributed by atoms with E-state index in [9.17, 15) is 8.42 Å². The first-order chi connectivity index (χ1) is 9.48. The summed E-state index contributed by atoms with van der Waals surface area (Å²) in [4.78, 5) is 0. The Kier molecular flexibility index (Phi) is 3.60. The molecule has 1 N–H and O–H groups in total. The van der Waals surface area contributed by atoms with E-state index in [-0.39, 0.29) is 17.4 Å². The molecule has 2 heterocycles. The van der Waals surface area contributed by atoms with Crippen molar-refractivity contribution in [2.75, 3.05) is 24.7 Å². The lowest BCUT2D eigenvalue weighted by Gasteiger charge is -2.31. The molecular weight excluding hydrogens is 274 g/mol. The van der Waals surface area contributed by atoms with Crippen LogP contribution in [0.1, 0.15) is 30.6 Å². The molecule has 1 aromatic carbocycles. The van der Waals surface area contributed by atoms with Crippen LogP contribution >= 0.6 is 0 Å². The van der Waals surface area contributed by atoms with Gasteiger partial charge >= 0.3 is 0 Å². The third kappa shape index (κ3) is 2.90. The third-order valence-electron chi connectivity index (χ3n) is 4.31. The fourth-order valence-electron chi connectivity index (χ4n) is 3.13. The van der Waals surface area contributed by atoms with Gasteiger partial charge in [-0.15, -0.1) is 0 Å². The standard InChI is InChI=1S/C15H21NO3S/c1-15(7-9-20(17,18)11-15)16-10-14-13-5-3-2-4-12(13)6-8-19-14/h2-5,14,16H,6-11H2,1H3. The summed E-state index contributed by atoms with van der Waals surface area (Å²) in [5, 5.41) is 3.42. The highest BCUT2D eigenvalue weighted by atomic mass is 32.2. The number of rotatable bonds is 3. The molecule has 0 aliphatic carbocycles. The molecule has 0 spiro atoms. The van der Waals surface area contributed by atoms with Crippen molar-refractivity contribution >= 4 is 9.84 Å². The van der Waals surface area contributed by atoms with Crippen molar-refractivity contribution in [3.05, 3.63) is 35.4 Å². The van der Waals surface area contributed by atoms with Gasteiger partial charge in [0.25, 0.3) is 0 Å². The van der Waals surface area contributed by atoms with Gasteiger partial charge in [-0.3, -0.25) is 0 Å². The summed E-state index contributed by atoms with van der Waals surface area (Å²) in [7, 11) is -2.87. The molecule has 1 aromatic rings. The van der Waals surface area contributed by atoms with Crippen molar-refractivity contribution in [3.8, 4) is 0 Å². The summed E-state index contributed by atoms with van der Waals surface area (Å²) in [6.45, 7) is 3.40. The second-order valence-corrected chi connectivity index (χ2v) is 8.28. The zero-order valence-electron chi connectivity index (χ0n) is 11.8. The van der Waals surface area contributed by atoms with Crippen molar-refractivity contribution in [1.29, 1.82) is 0 Å². The second kappa shape index (κ2) is 5.13. The molecule has 1 fully saturated rings. The van der Waals surface area contributed by atoms with Gasteiger partial charge in [-0.2, -0.15) is 0 Å². The molecule has 2 aliphatic heterocycles. The van der Waals surface area contributed by atoms with Crippen LogP contribution < -0.4 is 5.32 Å². The molecule has 1 saturated heterocycles. The monoisotopic (exact) mass is 295 g/mol. The molecule has 110 valence electrons. The maximum atomic E-state index is 11.6. The Labute approximate surface area is 120 Å². The highest BCUT2D eigenvalue weighted by Gasteiger charge is 2.38. The number of nitrogens with one attached hydrogen (secondary N) is 1. The molecule has 4 nitrogen and oxygen atoms in total. The van der Waals surface area contributed by atoms with E-state index in [4.69, 9.17) is 4.74 Å². The lowest BCUT2D eigenvalue weighted by molar-refractivity contribution is 0.0380. The topological polar surface area (TPSA) is 55.4 Å². The molecule has 5 heteroatoms. The van der Waals surface area contributed by atoms with Crippen molar-refractivity contribution in [3.63, 3.8) is 0 Å². The highest BCUT2D eigenvalue weighted by molar-refractivity contribution is 7.91. The summed E-state index contributed by atoms with van der Waals surface area (Å²) in [5.41, 5.74) is 2.26. The molecule has 0 amide bonds. The number of sulfone groups is 1. The minimum atomic E-state index is -2.87. The van der Waals surface area contributed by atoms with Crippen LogP contribution in [0.3, 0.4) is 0 Å². The van der Waals surface area contributed by atoms with Gasteiger partial charge in [0.2, 0.25) is 0 Å². The van der Waals surface area contributed by atoms with Gasteiger partial charge in [0.1, 0.15) is 0 Å². The molecule has 0 radical (unpaired) electrons. The van der Waals surface area contributed by atoms with Crippen LogP contribution in [-0.4, -0.2) is 38.6 Å². The minimum absolute atomic E-state index is 0.0279. The van der Waals surface area contributed by atoms with E-state index >= 15 is 0 Å². The van der Waals surface area contributed by atoms with Crippen LogP contribution in [-0.2, 0) is 21.0 Å². The van der Waals surface area contributed by atoms with Crippen LogP contribution in [0.2, 0.25) is 0 Å². The second-order valence-electron chi connectivity index (χ2n) is 6.09. The van der Waals surface area contributed by atoms with E-state index in [1.807, 2.05) is 13.0 Å². The Morgan fingerprint density at radius 2 is 2.20 bits per heavy atom. The molecule has 3 rings (SSSR count). The van der Waals surface area contributed by atoms with E-state index < -0.39 is 9.84 Å². The fraction of sp³-hybridized carbons (Fsp3) is 0.600. The lowest BCUT2D eigenvalue weighted by atomic mass is 9.96. The van der Waals surface area contributed by atoms with Crippen LogP contribution in [0.25, 0.3) is 0 Å². The Hall–Kier alpha value is -0.910. The average Bonchev–Trinajstić information content (AvgIpc) is 2.71. The van der Waals surface area contributed by atoms with Gasteiger partial charge in [-0.25, -0.2) is 8.42 Å². The zero-order chi connectivity index (χ0) is 14.2. The first kappa shape index (κ1) is 14.0. The summed E-state index contributed by atoms with van der Waals surface area (Å²) < 4.78 is 29.1. The van der Waals surface area contributed by atoms with Gasteiger partial charge in [0.05, 0.1) is 24.2 Å². The normalized spacial score (nSPS) is 31.9. The predicted molar refractivity (Wildman–Crippen MR) is 78.5 cm³/mol. The smallest absolute Gasteiger partial charge is 0.152 e. The number of hydrogen-bond acceptors (Lipinski definition) is 4. The molecule has 2 aliphatic rings. The quantitative estimate of drug-likeness (QED) is 0.917. The van der Waals surface area contributed by atoms with Crippen molar-refractivity contribution in [2.24, 2.45) is 0 Å². The maximum absolute atomic E-state index is 11.6. The Bertz CT molecular complexity index is 599. The van der Waals surface area contributed by atoms with E-state index in [0.29, 0.717) is 18.7 Å². The molecular formula is C15H21NO3S. The number of fused-ring (bicyclic) bond motifs is 1. The zero-order valence-corrected chi connectivity index (χ0v) is 12.6. The van der Waals surface area contributed by atoms with Gasteiger partial charge < -0.3 is 10.1 Å². The number of hydrogen-bond donors (Lipinski definition) is 1. The first-order valence-electron chi connectivity index (χ1n) is 7.12. The molecule has 0 saturated carbocycles. The summed E-state index contributed by atoms with van der Waals surface area (Å²) in [6, 6.07) is 8.34. The van der Waals surface area contributed by atoms with Crippen LogP contribution in [0, 0.1) is 0 Å². The van der Waals surface area contributed by atoms with Crippen molar-refractivity contribution in [2.45, 2.75) is 31.4 Å². The van der Waals surface area contributed by atoms with Crippen molar-refractivity contribution < 1.29 is 13.2 Å². The fourth-order valence-corrected chi connectivity index (χ4v) is 5.26. The average molecular weight is 295 g/mol. The van der Waals surface area contributed by atoms with Crippen LogP contribution in [0.5, 0.6) is 0 Å². The van der Waals surface area contributed by atoms with E-state index in [2.05, 4.69) is 23.5 Å². The van der Waals surface area contributed by atoms with Crippen molar-refractivity contribution in [1.82, 2.24) is 5.32 Å². The summed E-state index contributed by atoms with van der Waals surface area (Å²) in [5.74, 6) is 0.521. The SMILES string of the molecule is CC1(NCC2OCCc3ccccc32)CCS(=O)(=O)C1. The van der Waals surface area contributed by atoms with Crippen LogP contribution in [0.15, 0.2) is 24.3 Å². The van der Waals surface area contributed by atoms with Gasteiger partial charge in [0, 0.05) is 12.1 Å². The minimum Gasteiger partial charge on any atom is -0.372 e. The van der Waals surface area contributed by atoms with Gasteiger partial charge in [0.15, 0.2) is 9.84 Å². The van der Waals surface area contributed by atoms with Crippen LogP contribution in [0.4, 0.5) is 0 Å². The van der Waals surface area contributed by atoms with Gasteiger partial charge in [-0.1, -0.05) is 24.3 Å². The Morgan fingerprint density at radius 1 is 1.40 bits per heavy atom. The largest absolute Gasteiger partial charge is 0.372 e. The maximum Gasteiger partial charge on any atom is 0.152 e. The Balaban J connectivity index is 1.68. The summed E-state index contributed by atoms with van der Waals surface area (Å²) >= 11 is 0. The van der Waals surface area contributed by atoms with E-state index in [1.165, 1.54) is 11.1 Å². The molecule has 0 bridgehead atoms. The lowest BCUT2D eigenvalue weighted by Crippen LogP contribution is -2.46.